The summed E-state index contributed by atoms with van der Waals surface area (Å²) in [7, 11) is 0. The third-order valence-corrected chi connectivity index (χ3v) is 4.05. The number of esters is 1. The molecule has 1 aromatic rings. The monoisotopic (exact) mass is 343 g/mol. The summed E-state index contributed by atoms with van der Waals surface area (Å²) < 4.78 is 3.53. The van der Waals surface area contributed by atoms with Crippen molar-refractivity contribution in [2.75, 3.05) is 6.61 Å². The van der Waals surface area contributed by atoms with Gasteiger partial charge in [0.15, 0.2) is 5.71 Å². The van der Waals surface area contributed by atoms with Crippen molar-refractivity contribution in [3.8, 4) is 0 Å². The summed E-state index contributed by atoms with van der Waals surface area (Å²) in [5.41, 5.74) is 1.37. The van der Waals surface area contributed by atoms with Gasteiger partial charge in [-0.1, -0.05) is 23.7 Å². The van der Waals surface area contributed by atoms with Crippen LogP contribution >= 0.6 is 27.5 Å². The second-order valence-electron chi connectivity index (χ2n) is 4.10. The van der Waals surface area contributed by atoms with Gasteiger partial charge in [-0.3, -0.25) is 4.79 Å². The van der Waals surface area contributed by atoms with E-state index in [0.717, 1.165) is 5.56 Å². The number of alkyl halides is 1. The van der Waals surface area contributed by atoms with Crippen LogP contribution in [0, 0.1) is 6.92 Å². The minimum Gasteiger partial charge on any atom is -0.461 e. The Morgan fingerprint density at radius 1 is 1.47 bits per heavy atom. The molecule has 6 heteroatoms. The maximum absolute atomic E-state index is 12.3. The van der Waals surface area contributed by atoms with Crippen LogP contribution < -0.4 is 0 Å². The van der Waals surface area contributed by atoms with Crippen LogP contribution in [0.2, 0.25) is 5.02 Å². The molecule has 19 heavy (non-hydrogen) atoms. The Balaban J connectivity index is 2.18. The lowest BCUT2D eigenvalue weighted by Gasteiger charge is -2.07. The number of Topliss-reactive ketones (excluding diaryl/α,β-unsaturated/α-hetero) is 1. The van der Waals surface area contributed by atoms with Gasteiger partial charge in [0.05, 0.1) is 6.61 Å². The summed E-state index contributed by atoms with van der Waals surface area (Å²) in [5.74, 6) is -0.900. The van der Waals surface area contributed by atoms with E-state index in [4.69, 9.17) is 16.3 Å². The molecule has 0 spiro atoms. The van der Waals surface area contributed by atoms with E-state index < -0.39 is 10.4 Å². The first-order valence-electron chi connectivity index (χ1n) is 5.67. The molecule has 0 aromatic heterocycles. The van der Waals surface area contributed by atoms with E-state index in [2.05, 4.69) is 20.9 Å². The highest BCUT2D eigenvalue weighted by molar-refractivity contribution is 9.10. The molecular formula is C13H11BrClNO3. The summed E-state index contributed by atoms with van der Waals surface area (Å²) in [6.07, 6.45) is 0. The average Bonchev–Trinajstić information content (AvgIpc) is 3.06. The van der Waals surface area contributed by atoms with Gasteiger partial charge in [0.2, 0.25) is 10.2 Å². The van der Waals surface area contributed by atoms with Gasteiger partial charge in [0, 0.05) is 10.6 Å². The van der Waals surface area contributed by atoms with Crippen LogP contribution in [-0.4, -0.2) is 28.5 Å². The van der Waals surface area contributed by atoms with Crippen molar-refractivity contribution in [1.29, 1.82) is 0 Å². The third-order valence-electron chi connectivity index (χ3n) is 2.73. The molecule has 1 aliphatic rings. The molecule has 0 N–H and O–H groups in total. The predicted octanol–water partition coefficient (Wildman–Crippen LogP) is 2.94. The van der Waals surface area contributed by atoms with E-state index in [1.807, 2.05) is 6.92 Å². The van der Waals surface area contributed by atoms with Gasteiger partial charge in [0.25, 0.3) is 0 Å². The Hall–Kier alpha value is -1.20. The van der Waals surface area contributed by atoms with Crippen molar-refractivity contribution in [2.45, 2.75) is 18.3 Å². The minimum absolute atomic E-state index is 0.0936. The molecule has 100 valence electrons. The lowest BCUT2D eigenvalue weighted by Crippen LogP contribution is -2.28. The van der Waals surface area contributed by atoms with Crippen molar-refractivity contribution < 1.29 is 14.3 Å². The Bertz CT molecular complexity index is 600. The van der Waals surface area contributed by atoms with Crippen molar-refractivity contribution in [3.63, 3.8) is 0 Å². The number of rotatable bonds is 4. The first-order valence-corrected chi connectivity index (χ1v) is 6.84. The number of hydrogen-bond donors (Lipinski definition) is 0. The molecule has 0 amide bonds. The minimum atomic E-state index is -1.28. The van der Waals surface area contributed by atoms with Gasteiger partial charge in [-0.2, -0.15) is 0 Å². The molecular weight excluding hydrogens is 334 g/mol. The zero-order valence-electron chi connectivity index (χ0n) is 10.4. The van der Waals surface area contributed by atoms with Gasteiger partial charge in [-0.15, -0.1) is 0 Å². The Morgan fingerprint density at radius 2 is 2.16 bits per heavy atom. The Morgan fingerprint density at radius 3 is 2.74 bits per heavy atom. The second kappa shape index (κ2) is 5.06. The molecule has 2 rings (SSSR count). The average molecular weight is 345 g/mol. The van der Waals surface area contributed by atoms with Crippen LogP contribution in [0.15, 0.2) is 23.2 Å². The van der Waals surface area contributed by atoms with Gasteiger partial charge >= 0.3 is 5.97 Å². The first kappa shape index (κ1) is 14.2. The molecule has 1 aliphatic heterocycles. The van der Waals surface area contributed by atoms with E-state index in [0.29, 0.717) is 10.6 Å². The largest absolute Gasteiger partial charge is 0.461 e. The number of ketones is 1. The van der Waals surface area contributed by atoms with E-state index in [-0.39, 0.29) is 18.1 Å². The van der Waals surface area contributed by atoms with Crippen molar-refractivity contribution in [1.82, 2.24) is 0 Å². The van der Waals surface area contributed by atoms with Crippen LogP contribution in [0.4, 0.5) is 0 Å². The van der Waals surface area contributed by atoms with Crippen LogP contribution in [0.25, 0.3) is 0 Å². The number of carbonyl (C=O) groups is 2. The van der Waals surface area contributed by atoms with E-state index >= 15 is 0 Å². The Kier molecular flexibility index (Phi) is 3.78. The standard InChI is InChI=1S/C13H11BrClNO3/c1-3-19-12(18)10-13(14,16-10)11(17)8-5-4-7(2)9(15)6-8/h4-6H,3H2,1-2H3. The van der Waals surface area contributed by atoms with Crippen LogP contribution in [-0.2, 0) is 9.53 Å². The second-order valence-corrected chi connectivity index (χ2v) is 5.65. The molecule has 0 aliphatic carbocycles. The normalized spacial score (nSPS) is 20.7. The van der Waals surface area contributed by atoms with Crippen LogP contribution in [0.3, 0.4) is 0 Å². The van der Waals surface area contributed by atoms with Gasteiger partial charge < -0.3 is 4.74 Å². The summed E-state index contributed by atoms with van der Waals surface area (Å²) in [6.45, 7) is 3.78. The van der Waals surface area contributed by atoms with Gasteiger partial charge in [-0.05, 0) is 41.4 Å². The molecule has 1 atom stereocenters. The summed E-state index contributed by atoms with van der Waals surface area (Å²) >= 11 is 9.16. The van der Waals surface area contributed by atoms with Crippen molar-refractivity contribution in [2.24, 2.45) is 4.99 Å². The molecule has 4 nitrogen and oxygen atoms in total. The fraction of sp³-hybridized carbons (Fsp3) is 0.308. The van der Waals surface area contributed by atoms with Crippen molar-refractivity contribution >= 4 is 45.0 Å². The summed E-state index contributed by atoms with van der Waals surface area (Å²) in [4.78, 5) is 27.7. The molecule has 0 saturated carbocycles. The smallest absolute Gasteiger partial charge is 0.356 e. The molecule has 0 bridgehead atoms. The molecule has 1 aromatic carbocycles. The molecule has 0 radical (unpaired) electrons. The summed E-state index contributed by atoms with van der Waals surface area (Å²) in [5, 5.41) is 0.500. The molecule has 1 unspecified atom stereocenters. The quantitative estimate of drug-likeness (QED) is 0.365. The lowest BCUT2D eigenvalue weighted by atomic mass is 10.0. The molecule has 0 fully saturated rings. The fourth-order valence-electron chi connectivity index (χ4n) is 1.59. The highest BCUT2D eigenvalue weighted by Gasteiger charge is 2.56. The Labute approximate surface area is 123 Å². The maximum Gasteiger partial charge on any atom is 0.356 e. The number of benzene rings is 1. The zero-order chi connectivity index (χ0) is 14.2. The maximum atomic E-state index is 12.3. The van der Waals surface area contributed by atoms with Crippen molar-refractivity contribution in [3.05, 3.63) is 34.3 Å². The van der Waals surface area contributed by atoms with Gasteiger partial charge in [-0.25, -0.2) is 9.79 Å². The highest BCUT2D eigenvalue weighted by atomic mass is 79.9. The van der Waals surface area contributed by atoms with Gasteiger partial charge in [0.1, 0.15) is 0 Å². The van der Waals surface area contributed by atoms with E-state index in [1.54, 1.807) is 25.1 Å². The topological polar surface area (TPSA) is 55.7 Å². The molecule has 1 heterocycles. The number of hydrogen-bond acceptors (Lipinski definition) is 4. The SMILES string of the molecule is CCOC(=O)C1=NC1(Br)C(=O)c1ccc(C)c(Cl)c1. The number of aliphatic imine (C=N–C) groups is 1. The third kappa shape index (κ3) is 2.58. The number of ether oxygens (including phenoxy) is 1. The fourth-order valence-corrected chi connectivity index (χ4v) is 2.34. The molecule has 0 saturated heterocycles. The van der Waals surface area contributed by atoms with Crippen LogP contribution in [0.5, 0.6) is 0 Å². The van der Waals surface area contributed by atoms with Crippen LogP contribution in [0.1, 0.15) is 22.8 Å². The lowest BCUT2D eigenvalue weighted by molar-refractivity contribution is -0.134. The zero-order valence-corrected chi connectivity index (χ0v) is 12.7. The number of carbonyl (C=O) groups excluding carboxylic acids is 2. The van der Waals surface area contributed by atoms with E-state index in [9.17, 15) is 9.59 Å². The number of aryl methyl sites for hydroxylation is 1. The number of halogens is 2. The summed E-state index contributed by atoms with van der Waals surface area (Å²) in [6, 6.07) is 4.97. The number of nitrogens with zero attached hydrogens (tertiary/aromatic N) is 1. The first-order chi connectivity index (χ1) is 8.90. The highest BCUT2D eigenvalue weighted by Crippen LogP contribution is 2.39. The predicted molar refractivity (Wildman–Crippen MR) is 76.2 cm³/mol. The van der Waals surface area contributed by atoms with E-state index in [1.165, 1.54) is 0 Å².